The number of hydrogen-bond donors (Lipinski definition) is 2. The van der Waals surface area contributed by atoms with Crippen molar-refractivity contribution in [3.8, 4) is 0 Å². The van der Waals surface area contributed by atoms with Crippen LogP contribution in [-0.2, 0) is 14.3 Å². The lowest BCUT2D eigenvalue weighted by Crippen LogP contribution is -2.37. The van der Waals surface area contributed by atoms with Crippen molar-refractivity contribution in [1.82, 2.24) is 5.32 Å². The highest BCUT2D eigenvalue weighted by atomic mass is 16.5. The number of carbonyl (C=O) groups excluding carboxylic acids is 1. The number of amides is 1. The van der Waals surface area contributed by atoms with Crippen LogP contribution < -0.4 is 11.1 Å². The molecule has 1 atom stereocenters. The Kier molecular flexibility index (Phi) is 7.60. The topological polar surface area (TPSA) is 73.6 Å². The molecule has 0 saturated heterocycles. The van der Waals surface area contributed by atoms with Gasteiger partial charge in [0, 0.05) is 31.4 Å². The normalized spacial score (nSPS) is 21.0. The third-order valence-electron chi connectivity index (χ3n) is 4.25. The highest BCUT2D eigenvalue weighted by molar-refractivity contribution is 5.96. The number of rotatable bonds is 9. The molecule has 0 aliphatic heterocycles. The van der Waals surface area contributed by atoms with E-state index in [4.69, 9.17) is 15.2 Å². The lowest BCUT2D eigenvalue weighted by molar-refractivity contribution is -0.117. The fraction of sp³-hybridized carbons (Fsp3) is 0.650. The smallest absolute Gasteiger partial charge is 0.251 e. The van der Waals surface area contributed by atoms with Gasteiger partial charge in [0.1, 0.15) is 5.60 Å². The van der Waals surface area contributed by atoms with Crippen molar-refractivity contribution in [2.75, 3.05) is 20.3 Å². The first-order valence-electron chi connectivity index (χ1n) is 8.81. The van der Waals surface area contributed by atoms with Gasteiger partial charge in [-0.2, -0.15) is 0 Å². The van der Waals surface area contributed by atoms with Gasteiger partial charge in [-0.25, -0.2) is 0 Å². The molecule has 0 heterocycles. The van der Waals surface area contributed by atoms with Crippen molar-refractivity contribution in [2.45, 2.75) is 64.2 Å². The molecule has 5 nitrogen and oxygen atoms in total. The maximum absolute atomic E-state index is 12.3. The number of nitrogens with one attached hydrogen (secondary N) is 1. The van der Waals surface area contributed by atoms with Crippen molar-refractivity contribution in [2.24, 2.45) is 5.73 Å². The Labute approximate surface area is 152 Å². The molecule has 5 heteroatoms. The molecule has 1 unspecified atom stereocenters. The predicted molar refractivity (Wildman–Crippen MR) is 102 cm³/mol. The maximum Gasteiger partial charge on any atom is 0.251 e. The van der Waals surface area contributed by atoms with E-state index in [0.29, 0.717) is 18.7 Å². The summed E-state index contributed by atoms with van der Waals surface area (Å²) in [5, 5.41) is 2.95. The molecule has 0 fully saturated rings. The minimum absolute atomic E-state index is 0.0971. The zero-order valence-corrected chi connectivity index (χ0v) is 16.5. The molecule has 1 amide bonds. The number of carbonyl (C=O) groups is 1. The minimum atomic E-state index is -0.481. The Hall–Kier alpha value is -1.43. The van der Waals surface area contributed by atoms with Gasteiger partial charge in [-0.05, 0) is 65.7 Å². The Bertz CT molecular complexity index is 542. The quantitative estimate of drug-likeness (QED) is 0.670. The summed E-state index contributed by atoms with van der Waals surface area (Å²) in [4.78, 5) is 12.3. The summed E-state index contributed by atoms with van der Waals surface area (Å²) >= 11 is 0. The van der Waals surface area contributed by atoms with E-state index in [1.165, 1.54) is 0 Å². The molecular formula is C20H34N2O3. The van der Waals surface area contributed by atoms with E-state index >= 15 is 0 Å². The van der Waals surface area contributed by atoms with Gasteiger partial charge >= 0.3 is 0 Å². The van der Waals surface area contributed by atoms with Crippen LogP contribution in [0.15, 0.2) is 36.0 Å². The van der Waals surface area contributed by atoms with Crippen LogP contribution in [-0.4, -0.2) is 42.9 Å². The Morgan fingerprint density at radius 1 is 1.24 bits per heavy atom. The number of ether oxygens (including phenoxy) is 2. The lowest BCUT2D eigenvalue weighted by atomic mass is 10.0. The second kappa shape index (κ2) is 8.79. The van der Waals surface area contributed by atoms with Crippen LogP contribution in [0.25, 0.3) is 0 Å². The van der Waals surface area contributed by atoms with E-state index in [9.17, 15) is 4.79 Å². The van der Waals surface area contributed by atoms with Gasteiger partial charge in [0.15, 0.2) is 0 Å². The predicted octanol–water partition coefficient (Wildman–Crippen LogP) is 2.87. The summed E-state index contributed by atoms with van der Waals surface area (Å²) in [6, 6.07) is 0. The van der Waals surface area contributed by atoms with Crippen molar-refractivity contribution in [1.29, 1.82) is 0 Å². The van der Waals surface area contributed by atoms with E-state index in [1.54, 1.807) is 19.3 Å². The fourth-order valence-electron chi connectivity index (χ4n) is 2.24. The molecule has 1 rings (SSSR count). The van der Waals surface area contributed by atoms with Crippen LogP contribution in [0.3, 0.4) is 0 Å². The Morgan fingerprint density at radius 2 is 1.92 bits per heavy atom. The molecular weight excluding hydrogens is 316 g/mol. The molecule has 0 bridgehead atoms. The second-order valence-electron chi connectivity index (χ2n) is 8.06. The van der Waals surface area contributed by atoms with Crippen LogP contribution >= 0.6 is 0 Å². The molecule has 3 N–H and O–H groups in total. The summed E-state index contributed by atoms with van der Waals surface area (Å²) in [5.41, 5.74) is 5.56. The molecule has 0 aromatic carbocycles. The summed E-state index contributed by atoms with van der Waals surface area (Å²) < 4.78 is 11.3. The van der Waals surface area contributed by atoms with Gasteiger partial charge in [-0.15, -0.1) is 0 Å². The van der Waals surface area contributed by atoms with E-state index in [1.807, 2.05) is 52.8 Å². The summed E-state index contributed by atoms with van der Waals surface area (Å²) in [6.45, 7) is 11.1. The molecule has 0 aromatic rings. The van der Waals surface area contributed by atoms with Gasteiger partial charge in [-0.1, -0.05) is 12.2 Å². The average molecular weight is 351 g/mol. The molecule has 142 valence electrons. The molecule has 1 aliphatic rings. The lowest BCUT2D eigenvalue weighted by Gasteiger charge is -2.27. The molecule has 0 radical (unpaired) electrons. The van der Waals surface area contributed by atoms with Crippen LogP contribution in [0.2, 0.25) is 0 Å². The fourth-order valence-corrected chi connectivity index (χ4v) is 2.24. The summed E-state index contributed by atoms with van der Waals surface area (Å²) in [6.07, 6.45) is 10.8. The van der Waals surface area contributed by atoms with Gasteiger partial charge in [0.25, 0.3) is 5.91 Å². The van der Waals surface area contributed by atoms with E-state index < -0.39 is 5.60 Å². The van der Waals surface area contributed by atoms with Gasteiger partial charge in [-0.3, -0.25) is 4.79 Å². The summed E-state index contributed by atoms with van der Waals surface area (Å²) in [7, 11) is 1.65. The molecule has 25 heavy (non-hydrogen) atoms. The van der Waals surface area contributed by atoms with Crippen molar-refractivity contribution in [3.05, 3.63) is 36.0 Å². The standard InChI is InChI=1S/C20H34N2O3/c1-18(2,21)13-15-25-19(3,4)12-14-22-17(23)16-8-7-10-20(5,24-6)11-9-16/h7-11H,12-15,21H2,1-6H3,(H,22,23). The largest absolute Gasteiger partial charge is 0.375 e. The van der Waals surface area contributed by atoms with Gasteiger partial charge in [0.2, 0.25) is 0 Å². The molecule has 0 saturated carbocycles. The summed E-state index contributed by atoms with van der Waals surface area (Å²) in [5.74, 6) is -0.0971. The van der Waals surface area contributed by atoms with E-state index in [0.717, 1.165) is 12.8 Å². The molecule has 0 spiro atoms. The van der Waals surface area contributed by atoms with Gasteiger partial charge in [0.05, 0.1) is 5.60 Å². The Morgan fingerprint density at radius 3 is 2.52 bits per heavy atom. The SMILES string of the molecule is COC1(C)C=CC=C(C(=O)NCCC(C)(C)OCCC(C)(C)N)C=C1. The van der Waals surface area contributed by atoms with Crippen LogP contribution in [0.1, 0.15) is 47.5 Å². The number of nitrogens with two attached hydrogens (primary N) is 1. The van der Waals surface area contributed by atoms with Crippen LogP contribution in [0.4, 0.5) is 0 Å². The zero-order valence-electron chi connectivity index (χ0n) is 16.5. The second-order valence-corrected chi connectivity index (χ2v) is 8.06. The van der Waals surface area contributed by atoms with E-state index in [2.05, 4.69) is 5.32 Å². The third-order valence-corrected chi connectivity index (χ3v) is 4.25. The zero-order chi connectivity index (χ0) is 19.1. The van der Waals surface area contributed by atoms with Crippen LogP contribution in [0.5, 0.6) is 0 Å². The monoisotopic (exact) mass is 350 g/mol. The number of allylic oxidation sites excluding steroid dienone is 2. The minimum Gasteiger partial charge on any atom is -0.375 e. The first-order valence-corrected chi connectivity index (χ1v) is 8.81. The maximum atomic E-state index is 12.3. The van der Waals surface area contributed by atoms with Crippen LogP contribution in [0, 0.1) is 0 Å². The molecule has 1 aliphatic carbocycles. The number of methoxy groups -OCH3 is 1. The van der Waals surface area contributed by atoms with Gasteiger partial charge < -0.3 is 20.5 Å². The number of hydrogen-bond acceptors (Lipinski definition) is 4. The highest BCUT2D eigenvalue weighted by Crippen LogP contribution is 2.19. The van der Waals surface area contributed by atoms with Crippen molar-refractivity contribution in [3.63, 3.8) is 0 Å². The first kappa shape index (κ1) is 21.6. The average Bonchev–Trinajstić information content (AvgIpc) is 2.68. The third kappa shape index (κ3) is 8.47. The van der Waals surface area contributed by atoms with E-state index in [-0.39, 0.29) is 17.0 Å². The highest BCUT2D eigenvalue weighted by Gasteiger charge is 2.21. The Balaban J connectivity index is 2.43. The van der Waals surface area contributed by atoms with Crippen molar-refractivity contribution >= 4 is 5.91 Å². The van der Waals surface area contributed by atoms with Crippen molar-refractivity contribution < 1.29 is 14.3 Å². The molecule has 0 aromatic heterocycles. The first-order chi connectivity index (χ1) is 11.5.